The molecule has 1 aromatic heterocycles. The van der Waals surface area contributed by atoms with Crippen molar-refractivity contribution in [2.75, 3.05) is 11.9 Å². The highest BCUT2D eigenvalue weighted by atomic mass is 16.6. The van der Waals surface area contributed by atoms with Crippen molar-refractivity contribution >= 4 is 12.0 Å². The van der Waals surface area contributed by atoms with Crippen molar-refractivity contribution < 1.29 is 9.53 Å². The van der Waals surface area contributed by atoms with Gasteiger partial charge in [-0.2, -0.15) is 0 Å². The summed E-state index contributed by atoms with van der Waals surface area (Å²) in [7, 11) is 0. The Balaban J connectivity index is 1.62. The smallest absolute Gasteiger partial charge is 0.410 e. The van der Waals surface area contributed by atoms with Crippen LogP contribution in [-0.4, -0.2) is 33.1 Å². The molecule has 0 aliphatic carbocycles. The minimum absolute atomic E-state index is 0.288. The predicted molar refractivity (Wildman–Crippen MR) is 96.1 cm³/mol. The second-order valence-corrected chi connectivity index (χ2v) is 7.16. The molecule has 0 bridgehead atoms. The Morgan fingerprint density at radius 2 is 2.04 bits per heavy atom. The standard InChI is InChI=1S/C19H24N4O2/c1-19(2,3)25-18(24)23-10-9-16-15(13-23)12-21-17(22-16)20-11-14-7-5-4-6-8-14/h4-8,12H,9-11,13H2,1-3H3,(H,20,21,22). The molecule has 0 atom stereocenters. The van der Waals surface area contributed by atoms with Crippen molar-refractivity contribution in [3.8, 4) is 0 Å². The molecule has 1 amide bonds. The van der Waals surface area contributed by atoms with Crippen LogP contribution >= 0.6 is 0 Å². The number of amides is 1. The van der Waals surface area contributed by atoms with Crippen molar-refractivity contribution in [1.29, 1.82) is 0 Å². The average Bonchev–Trinajstić information content (AvgIpc) is 2.59. The highest BCUT2D eigenvalue weighted by Gasteiger charge is 2.26. The fourth-order valence-corrected chi connectivity index (χ4v) is 2.66. The summed E-state index contributed by atoms with van der Waals surface area (Å²) < 4.78 is 5.44. The Labute approximate surface area is 148 Å². The highest BCUT2D eigenvalue weighted by Crippen LogP contribution is 2.20. The zero-order valence-corrected chi connectivity index (χ0v) is 15.0. The minimum atomic E-state index is -0.487. The summed E-state index contributed by atoms with van der Waals surface area (Å²) in [6.07, 6.45) is 2.22. The quantitative estimate of drug-likeness (QED) is 0.928. The number of anilines is 1. The van der Waals surface area contributed by atoms with E-state index in [9.17, 15) is 4.79 Å². The summed E-state index contributed by atoms with van der Waals surface area (Å²) in [5.41, 5.74) is 2.66. The monoisotopic (exact) mass is 340 g/mol. The molecule has 1 aliphatic rings. The topological polar surface area (TPSA) is 67.3 Å². The molecule has 2 aromatic rings. The first-order valence-electron chi connectivity index (χ1n) is 8.51. The number of carbonyl (C=O) groups is 1. The molecular weight excluding hydrogens is 316 g/mol. The van der Waals surface area contributed by atoms with Crippen LogP contribution in [0.1, 0.15) is 37.6 Å². The zero-order valence-electron chi connectivity index (χ0n) is 15.0. The van der Waals surface area contributed by atoms with Crippen molar-refractivity contribution in [1.82, 2.24) is 14.9 Å². The Hall–Kier alpha value is -2.63. The van der Waals surface area contributed by atoms with Crippen LogP contribution < -0.4 is 5.32 Å². The minimum Gasteiger partial charge on any atom is -0.444 e. The maximum Gasteiger partial charge on any atom is 0.410 e. The third-order valence-corrected chi connectivity index (χ3v) is 3.88. The van der Waals surface area contributed by atoms with Crippen molar-refractivity contribution in [2.24, 2.45) is 0 Å². The normalized spacial score (nSPS) is 14.0. The number of rotatable bonds is 3. The predicted octanol–water partition coefficient (Wildman–Crippen LogP) is 3.38. The van der Waals surface area contributed by atoms with Gasteiger partial charge in [-0.25, -0.2) is 14.8 Å². The lowest BCUT2D eigenvalue weighted by Crippen LogP contribution is -2.40. The number of aromatic nitrogens is 2. The zero-order chi connectivity index (χ0) is 17.9. The first-order valence-corrected chi connectivity index (χ1v) is 8.51. The Morgan fingerprint density at radius 3 is 2.76 bits per heavy atom. The molecule has 0 fully saturated rings. The third-order valence-electron chi connectivity index (χ3n) is 3.88. The summed E-state index contributed by atoms with van der Waals surface area (Å²) in [6, 6.07) is 10.1. The molecule has 1 aromatic carbocycles. The molecule has 1 aliphatic heterocycles. The summed E-state index contributed by atoms with van der Waals surface area (Å²) in [5, 5.41) is 3.25. The van der Waals surface area contributed by atoms with Crippen LogP contribution in [0.2, 0.25) is 0 Å². The fourth-order valence-electron chi connectivity index (χ4n) is 2.66. The van der Waals surface area contributed by atoms with Gasteiger partial charge in [0.05, 0.1) is 12.2 Å². The van der Waals surface area contributed by atoms with Crippen LogP contribution in [0.3, 0.4) is 0 Å². The number of hydrogen-bond acceptors (Lipinski definition) is 5. The molecular formula is C19H24N4O2. The Bertz CT molecular complexity index is 741. The van der Waals surface area contributed by atoms with Gasteiger partial charge in [0.1, 0.15) is 5.60 Å². The number of carbonyl (C=O) groups excluding carboxylic acids is 1. The first-order chi connectivity index (χ1) is 11.9. The number of nitrogens with one attached hydrogen (secondary N) is 1. The van der Waals surface area contributed by atoms with Crippen molar-refractivity contribution in [2.45, 2.75) is 45.9 Å². The van der Waals surface area contributed by atoms with E-state index in [1.165, 1.54) is 5.56 Å². The van der Waals surface area contributed by atoms with E-state index in [-0.39, 0.29) is 6.09 Å². The SMILES string of the molecule is CC(C)(C)OC(=O)N1CCc2nc(NCc3ccccc3)ncc2C1. The molecule has 2 heterocycles. The van der Waals surface area contributed by atoms with E-state index in [1.54, 1.807) is 11.1 Å². The summed E-state index contributed by atoms with van der Waals surface area (Å²) in [6.45, 7) is 7.40. The Morgan fingerprint density at radius 1 is 1.28 bits per heavy atom. The molecule has 3 rings (SSSR count). The van der Waals surface area contributed by atoms with Gasteiger partial charge in [-0.3, -0.25) is 0 Å². The van der Waals surface area contributed by atoms with Crippen LogP contribution in [-0.2, 0) is 24.2 Å². The molecule has 6 heteroatoms. The molecule has 6 nitrogen and oxygen atoms in total. The van der Waals surface area contributed by atoms with Crippen LogP contribution in [0.4, 0.5) is 10.7 Å². The third kappa shape index (κ3) is 4.68. The van der Waals surface area contributed by atoms with Crippen molar-refractivity contribution in [3.63, 3.8) is 0 Å². The van der Waals surface area contributed by atoms with Crippen LogP contribution in [0.25, 0.3) is 0 Å². The van der Waals surface area contributed by atoms with Gasteiger partial charge in [0.25, 0.3) is 0 Å². The van der Waals surface area contributed by atoms with Gasteiger partial charge >= 0.3 is 6.09 Å². The molecule has 0 saturated carbocycles. The van der Waals surface area contributed by atoms with Crippen molar-refractivity contribution in [3.05, 3.63) is 53.3 Å². The van der Waals surface area contributed by atoms with Gasteiger partial charge in [0, 0.05) is 31.3 Å². The summed E-state index contributed by atoms with van der Waals surface area (Å²) in [4.78, 5) is 22.9. The van der Waals surface area contributed by atoms with E-state index in [0.717, 1.165) is 11.3 Å². The van der Waals surface area contributed by atoms with Gasteiger partial charge < -0.3 is 15.0 Å². The second-order valence-electron chi connectivity index (χ2n) is 7.16. The van der Waals surface area contributed by atoms with E-state index in [0.29, 0.717) is 32.0 Å². The van der Waals surface area contributed by atoms with Gasteiger partial charge in [-0.05, 0) is 26.3 Å². The largest absolute Gasteiger partial charge is 0.444 e. The molecule has 1 N–H and O–H groups in total. The molecule has 0 radical (unpaired) electrons. The second kappa shape index (κ2) is 7.09. The van der Waals surface area contributed by atoms with Gasteiger partial charge in [-0.15, -0.1) is 0 Å². The van der Waals surface area contributed by atoms with Crippen LogP contribution in [0.15, 0.2) is 36.5 Å². The van der Waals surface area contributed by atoms with E-state index in [1.807, 2.05) is 39.0 Å². The average molecular weight is 340 g/mol. The van der Waals surface area contributed by atoms with E-state index >= 15 is 0 Å². The van der Waals surface area contributed by atoms with Gasteiger partial charge in [0.2, 0.25) is 5.95 Å². The molecule has 0 saturated heterocycles. The number of fused-ring (bicyclic) bond motifs is 1. The fraction of sp³-hybridized carbons (Fsp3) is 0.421. The maximum atomic E-state index is 12.2. The van der Waals surface area contributed by atoms with E-state index < -0.39 is 5.60 Å². The number of ether oxygens (including phenoxy) is 1. The molecule has 25 heavy (non-hydrogen) atoms. The van der Waals surface area contributed by atoms with Crippen LogP contribution in [0.5, 0.6) is 0 Å². The van der Waals surface area contributed by atoms with Crippen LogP contribution in [0, 0.1) is 0 Å². The molecule has 0 spiro atoms. The summed E-state index contributed by atoms with van der Waals surface area (Å²) in [5.74, 6) is 0.619. The van der Waals surface area contributed by atoms with Gasteiger partial charge in [0.15, 0.2) is 0 Å². The lowest BCUT2D eigenvalue weighted by Gasteiger charge is -2.30. The molecule has 0 unspecified atom stereocenters. The number of benzene rings is 1. The lowest BCUT2D eigenvalue weighted by molar-refractivity contribution is 0.0222. The summed E-state index contributed by atoms with van der Waals surface area (Å²) >= 11 is 0. The lowest BCUT2D eigenvalue weighted by atomic mass is 10.1. The van der Waals surface area contributed by atoms with E-state index in [2.05, 4.69) is 27.4 Å². The van der Waals surface area contributed by atoms with Gasteiger partial charge in [-0.1, -0.05) is 30.3 Å². The van der Waals surface area contributed by atoms with E-state index in [4.69, 9.17) is 4.74 Å². The number of hydrogen-bond donors (Lipinski definition) is 1. The maximum absolute atomic E-state index is 12.2. The highest BCUT2D eigenvalue weighted by molar-refractivity contribution is 5.68. The first kappa shape index (κ1) is 17.2. The Kier molecular flexibility index (Phi) is 4.88. The molecule has 132 valence electrons. The number of nitrogens with zero attached hydrogens (tertiary/aromatic N) is 3.